The minimum atomic E-state index is -0.0676. The molecule has 0 spiro atoms. The second-order valence-electron chi connectivity index (χ2n) is 5.31. The van der Waals surface area contributed by atoms with E-state index < -0.39 is 0 Å². The molecular formula is C15H19ClN4O. The maximum Gasteiger partial charge on any atom is 0.238 e. The monoisotopic (exact) mass is 306 g/mol. The van der Waals surface area contributed by atoms with E-state index in [1.54, 1.807) is 18.2 Å². The molecule has 21 heavy (non-hydrogen) atoms. The number of rotatable bonds is 4. The predicted octanol–water partition coefficient (Wildman–Crippen LogP) is 1.82. The Hall–Kier alpha value is -1.61. The van der Waals surface area contributed by atoms with Gasteiger partial charge in [0, 0.05) is 5.69 Å². The summed E-state index contributed by atoms with van der Waals surface area (Å²) in [5, 5.41) is 12.0. The van der Waals surface area contributed by atoms with E-state index in [2.05, 4.69) is 10.2 Å². The normalized spacial score (nSPS) is 16.4. The largest absolute Gasteiger partial charge is 0.330 e. The standard InChI is InChI=1S/C15H19ClN4O/c16-14-7-13(2-1-12(14)9-18)19-15(21)10-20-5-3-11(8-17)4-6-20/h1-2,7,11H,3-6,8,10,17H2,(H,19,21). The maximum atomic E-state index is 12.0. The third kappa shape index (κ3) is 4.43. The number of nitrogens with zero attached hydrogens (tertiary/aromatic N) is 2. The van der Waals surface area contributed by atoms with Crippen LogP contribution in [0, 0.1) is 17.2 Å². The van der Waals surface area contributed by atoms with Crippen LogP contribution in [0.3, 0.4) is 0 Å². The van der Waals surface area contributed by atoms with E-state index >= 15 is 0 Å². The zero-order valence-corrected chi connectivity index (χ0v) is 12.6. The molecule has 3 N–H and O–H groups in total. The molecule has 0 unspecified atom stereocenters. The van der Waals surface area contributed by atoms with Gasteiger partial charge >= 0.3 is 0 Å². The first-order valence-corrected chi connectivity index (χ1v) is 7.42. The molecule has 0 atom stereocenters. The van der Waals surface area contributed by atoms with Crippen LogP contribution >= 0.6 is 11.6 Å². The second-order valence-corrected chi connectivity index (χ2v) is 5.72. The van der Waals surface area contributed by atoms with Crippen LogP contribution in [0.15, 0.2) is 18.2 Å². The van der Waals surface area contributed by atoms with Gasteiger partial charge in [-0.15, -0.1) is 0 Å². The van der Waals surface area contributed by atoms with Crippen LogP contribution in [0.5, 0.6) is 0 Å². The number of piperidine rings is 1. The minimum Gasteiger partial charge on any atom is -0.330 e. The molecule has 1 aromatic rings. The fourth-order valence-corrected chi connectivity index (χ4v) is 2.69. The third-order valence-corrected chi connectivity index (χ3v) is 4.09. The Balaban J connectivity index is 1.85. The Morgan fingerprint density at radius 2 is 2.19 bits per heavy atom. The molecule has 0 radical (unpaired) electrons. The van der Waals surface area contributed by atoms with Gasteiger partial charge in [-0.05, 0) is 56.6 Å². The first kappa shape index (κ1) is 15.8. The Labute approximate surface area is 129 Å². The first-order valence-electron chi connectivity index (χ1n) is 7.04. The Bertz CT molecular complexity index is 547. The summed E-state index contributed by atoms with van der Waals surface area (Å²) >= 11 is 5.94. The number of hydrogen-bond acceptors (Lipinski definition) is 4. The van der Waals surface area contributed by atoms with Crippen molar-refractivity contribution in [1.82, 2.24) is 4.90 Å². The maximum absolute atomic E-state index is 12.0. The highest BCUT2D eigenvalue weighted by atomic mass is 35.5. The van der Waals surface area contributed by atoms with Gasteiger partial charge in [-0.2, -0.15) is 5.26 Å². The summed E-state index contributed by atoms with van der Waals surface area (Å²) < 4.78 is 0. The number of halogens is 1. The van der Waals surface area contributed by atoms with Crippen LogP contribution in [0.4, 0.5) is 5.69 Å². The van der Waals surface area contributed by atoms with Crippen molar-refractivity contribution in [2.75, 3.05) is 31.5 Å². The van der Waals surface area contributed by atoms with E-state index in [0.717, 1.165) is 32.5 Å². The molecule has 0 saturated carbocycles. The molecule has 0 aromatic heterocycles. The Morgan fingerprint density at radius 3 is 2.76 bits per heavy atom. The average molecular weight is 307 g/mol. The van der Waals surface area contributed by atoms with Gasteiger partial charge in [-0.1, -0.05) is 11.6 Å². The second kappa shape index (κ2) is 7.41. The molecule has 1 saturated heterocycles. The van der Waals surface area contributed by atoms with Gasteiger partial charge in [-0.3, -0.25) is 9.69 Å². The van der Waals surface area contributed by atoms with Crippen LogP contribution < -0.4 is 11.1 Å². The lowest BCUT2D eigenvalue weighted by Gasteiger charge is -2.30. The highest BCUT2D eigenvalue weighted by Gasteiger charge is 2.19. The Morgan fingerprint density at radius 1 is 1.48 bits per heavy atom. The minimum absolute atomic E-state index is 0.0676. The number of benzene rings is 1. The zero-order valence-electron chi connectivity index (χ0n) is 11.8. The number of amides is 1. The Kier molecular flexibility index (Phi) is 5.57. The van der Waals surface area contributed by atoms with Gasteiger partial charge in [0.1, 0.15) is 6.07 Å². The number of nitrogens with one attached hydrogen (secondary N) is 1. The summed E-state index contributed by atoms with van der Waals surface area (Å²) in [5.74, 6) is 0.517. The van der Waals surface area contributed by atoms with Gasteiger partial charge < -0.3 is 11.1 Å². The number of nitrogens with two attached hydrogens (primary N) is 1. The van der Waals surface area contributed by atoms with E-state index in [1.165, 1.54) is 0 Å². The average Bonchev–Trinajstić information content (AvgIpc) is 2.48. The molecule has 1 fully saturated rings. The van der Waals surface area contributed by atoms with Crippen LogP contribution in [-0.4, -0.2) is 37.0 Å². The van der Waals surface area contributed by atoms with E-state index in [1.807, 2.05) is 6.07 Å². The number of carbonyl (C=O) groups excluding carboxylic acids is 1. The van der Waals surface area contributed by atoms with Crippen molar-refractivity contribution in [1.29, 1.82) is 5.26 Å². The van der Waals surface area contributed by atoms with Crippen molar-refractivity contribution >= 4 is 23.2 Å². The highest BCUT2D eigenvalue weighted by molar-refractivity contribution is 6.32. The van der Waals surface area contributed by atoms with E-state index in [-0.39, 0.29) is 5.91 Å². The molecule has 1 heterocycles. The predicted molar refractivity (Wildman–Crippen MR) is 83.0 cm³/mol. The molecule has 1 amide bonds. The summed E-state index contributed by atoms with van der Waals surface area (Å²) in [6.45, 7) is 2.91. The van der Waals surface area contributed by atoms with Gasteiger partial charge in [0.25, 0.3) is 0 Å². The summed E-state index contributed by atoms with van der Waals surface area (Å²) in [6, 6.07) is 6.87. The number of hydrogen-bond donors (Lipinski definition) is 2. The van der Waals surface area contributed by atoms with Gasteiger partial charge in [0.2, 0.25) is 5.91 Å². The van der Waals surface area contributed by atoms with E-state index in [4.69, 9.17) is 22.6 Å². The molecular weight excluding hydrogens is 288 g/mol. The molecule has 1 aliphatic rings. The van der Waals surface area contributed by atoms with Crippen LogP contribution in [0.2, 0.25) is 5.02 Å². The lowest BCUT2D eigenvalue weighted by molar-refractivity contribution is -0.117. The number of nitriles is 1. The van der Waals surface area contributed by atoms with Crippen molar-refractivity contribution in [2.24, 2.45) is 11.7 Å². The molecule has 2 rings (SSSR count). The summed E-state index contributed by atoms with van der Waals surface area (Å²) in [5.41, 5.74) is 6.67. The quantitative estimate of drug-likeness (QED) is 0.889. The molecule has 0 aliphatic carbocycles. The third-order valence-electron chi connectivity index (χ3n) is 3.78. The number of carbonyl (C=O) groups is 1. The molecule has 6 heteroatoms. The number of anilines is 1. The lowest BCUT2D eigenvalue weighted by Crippen LogP contribution is -2.40. The number of likely N-dealkylation sites (tertiary alicyclic amines) is 1. The molecule has 112 valence electrons. The summed E-state index contributed by atoms with van der Waals surface area (Å²) in [4.78, 5) is 14.1. The summed E-state index contributed by atoms with van der Waals surface area (Å²) in [6.07, 6.45) is 2.10. The molecule has 5 nitrogen and oxygen atoms in total. The highest BCUT2D eigenvalue weighted by Crippen LogP contribution is 2.20. The van der Waals surface area contributed by atoms with Crippen molar-refractivity contribution in [3.8, 4) is 6.07 Å². The van der Waals surface area contributed by atoms with Crippen molar-refractivity contribution < 1.29 is 4.79 Å². The fraction of sp³-hybridized carbons (Fsp3) is 0.467. The SMILES string of the molecule is N#Cc1ccc(NC(=O)CN2CCC(CN)CC2)cc1Cl. The van der Waals surface area contributed by atoms with Gasteiger partial charge in [0.15, 0.2) is 0 Å². The van der Waals surface area contributed by atoms with Crippen LogP contribution in [-0.2, 0) is 4.79 Å². The van der Waals surface area contributed by atoms with Crippen molar-refractivity contribution in [2.45, 2.75) is 12.8 Å². The van der Waals surface area contributed by atoms with E-state index in [0.29, 0.717) is 28.7 Å². The molecule has 0 bridgehead atoms. The fourth-order valence-electron chi connectivity index (χ4n) is 2.47. The first-order chi connectivity index (χ1) is 10.1. The molecule has 1 aliphatic heterocycles. The summed E-state index contributed by atoms with van der Waals surface area (Å²) in [7, 11) is 0. The zero-order chi connectivity index (χ0) is 15.2. The van der Waals surface area contributed by atoms with E-state index in [9.17, 15) is 4.79 Å². The van der Waals surface area contributed by atoms with Crippen LogP contribution in [0.1, 0.15) is 18.4 Å². The van der Waals surface area contributed by atoms with Gasteiger partial charge in [-0.25, -0.2) is 0 Å². The van der Waals surface area contributed by atoms with Crippen molar-refractivity contribution in [3.63, 3.8) is 0 Å². The van der Waals surface area contributed by atoms with Crippen molar-refractivity contribution in [3.05, 3.63) is 28.8 Å². The molecule has 1 aromatic carbocycles. The topological polar surface area (TPSA) is 82.2 Å². The van der Waals surface area contributed by atoms with Gasteiger partial charge in [0.05, 0.1) is 17.1 Å². The lowest BCUT2D eigenvalue weighted by atomic mass is 9.97. The van der Waals surface area contributed by atoms with Crippen LogP contribution in [0.25, 0.3) is 0 Å². The smallest absolute Gasteiger partial charge is 0.238 e.